The maximum atomic E-state index is 12.5. The van der Waals surface area contributed by atoms with Gasteiger partial charge in [-0.3, -0.25) is 4.79 Å². The number of aromatic nitrogens is 2. The van der Waals surface area contributed by atoms with Crippen LogP contribution in [0.2, 0.25) is 0 Å². The number of nitrogens with zero attached hydrogens (tertiary/aromatic N) is 2. The van der Waals surface area contributed by atoms with Gasteiger partial charge in [-0.15, -0.1) is 0 Å². The van der Waals surface area contributed by atoms with Crippen LogP contribution in [0.25, 0.3) is 22.5 Å². The first-order valence-electron chi connectivity index (χ1n) is 11.2. The van der Waals surface area contributed by atoms with E-state index >= 15 is 0 Å². The molecule has 2 aromatic carbocycles. The molecule has 0 saturated carbocycles. The van der Waals surface area contributed by atoms with Crippen LogP contribution in [-0.2, 0) is 0 Å². The molecule has 0 unspecified atom stereocenters. The molecule has 1 aliphatic heterocycles. The molecule has 0 radical (unpaired) electrons. The van der Waals surface area contributed by atoms with Crippen molar-refractivity contribution < 1.29 is 4.42 Å². The number of oxazole rings is 1. The van der Waals surface area contributed by atoms with Gasteiger partial charge in [0.05, 0.1) is 6.20 Å². The number of nitrogens with one attached hydrogen (secondary N) is 2. The van der Waals surface area contributed by atoms with E-state index in [-0.39, 0.29) is 5.56 Å². The number of nitrogen functional groups attached to an aromatic ring is 1. The lowest BCUT2D eigenvalue weighted by Gasteiger charge is -2.29. The van der Waals surface area contributed by atoms with Gasteiger partial charge in [0.1, 0.15) is 0 Å². The van der Waals surface area contributed by atoms with Crippen molar-refractivity contribution in [3.05, 3.63) is 76.8 Å². The quantitative estimate of drug-likeness (QED) is 0.362. The largest absolute Gasteiger partial charge is 0.423 e. The van der Waals surface area contributed by atoms with E-state index in [1.807, 2.05) is 43.3 Å². The Hall–Kier alpha value is -4.00. The fraction of sp³-hybridized carbons (Fsp3) is 0.231. The zero-order valence-electron chi connectivity index (χ0n) is 18.6. The summed E-state index contributed by atoms with van der Waals surface area (Å²) in [6.45, 7) is 4.01. The number of nitrogens with two attached hydrogens (primary N) is 1. The summed E-state index contributed by atoms with van der Waals surface area (Å²) in [5, 5.41) is 3.21. The molecule has 0 spiro atoms. The Morgan fingerprint density at radius 1 is 1.06 bits per heavy atom. The summed E-state index contributed by atoms with van der Waals surface area (Å²) in [6, 6.07) is 15.9. The van der Waals surface area contributed by atoms with Gasteiger partial charge in [-0.05, 0) is 79.8 Å². The van der Waals surface area contributed by atoms with E-state index in [9.17, 15) is 4.79 Å². The summed E-state index contributed by atoms with van der Waals surface area (Å²) in [6.07, 6.45) is 6.94. The minimum atomic E-state index is -0.115. The highest BCUT2D eigenvalue weighted by atomic mass is 16.4. The topological polar surface area (TPSA) is 100 Å². The predicted molar refractivity (Wildman–Crippen MR) is 133 cm³/mol. The minimum absolute atomic E-state index is 0.115. The third kappa shape index (κ3) is 4.48. The molecule has 1 aliphatic rings. The Morgan fingerprint density at radius 3 is 2.70 bits per heavy atom. The first kappa shape index (κ1) is 20.9. The second-order valence-corrected chi connectivity index (χ2v) is 8.46. The summed E-state index contributed by atoms with van der Waals surface area (Å²) in [4.78, 5) is 22.1. The fourth-order valence-electron chi connectivity index (χ4n) is 4.25. The zero-order valence-corrected chi connectivity index (χ0v) is 18.6. The van der Waals surface area contributed by atoms with E-state index in [0.29, 0.717) is 23.0 Å². The second kappa shape index (κ2) is 8.86. The van der Waals surface area contributed by atoms with Crippen LogP contribution in [0.5, 0.6) is 0 Å². The maximum Gasteiger partial charge on any atom is 0.299 e. The lowest BCUT2D eigenvalue weighted by molar-refractivity contribution is 0.577. The molecule has 7 nitrogen and oxygen atoms in total. The molecule has 5 rings (SSSR count). The highest BCUT2D eigenvalue weighted by molar-refractivity contribution is 5.77. The molecular weight excluding hydrogens is 414 g/mol. The number of aryl methyl sites for hydroxylation is 1. The van der Waals surface area contributed by atoms with E-state index < -0.39 is 0 Å². The van der Waals surface area contributed by atoms with Crippen LogP contribution in [0, 0.1) is 6.92 Å². The Bertz CT molecular complexity index is 1330. The summed E-state index contributed by atoms with van der Waals surface area (Å²) >= 11 is 0. The lowest BCUT2D eigenvalue weighted by atomic mass is 10.0. The van der Waals surface area contributed by atoms with Crippen LogP contribution in [-0.4, -0.2) is 23.1 Å². The van der Waals surface area contributed by atoms with Crippen LogP contribution >= 0.6 is 0 Å². The molecule has 0 amide bonds. The molecule has 1 saturated heterocycles. The molecule has 0 bridgehead atoms. The number of aromatic amines is 1. The number of anilines is 4. The maximum absolute atomic E-state index is 12.5. The summed E-state index contributed by atoms with van der Waals surface area (Å²) < 4.78 is 6.06. The van der Waals surface area contributed by atoms with Crippen molar-refractivity contribution in [3.63, 3.8) is 0 Å². The molecule has 4 N–H and O–H groups in total. The van der Waals surface area contributed by atoms with Gasteiger partial charge >= 0.3 is 0 Å². The van der Waals surface area contributed by atoms with Crippen LogP contribution in [0.3, 0.4) is 0 Å². The molecule has 0 aliphatic carbocycles. The average molecular weight is 442 g/mol. The predicted octanol–water partition coefficient (Wildman–Crippen LogP) is 5.32. The van der Waals surface area contributed by atoms with E-state index in [4.69, 9.17) is 10.2 Å². The number of rotatable bonds is 5. The minimum Gasteiger partial charge on any atom is -0.423 e. The molecular formula is C26H27N5O2. The summed E-state index contributed by atoms with van der Waals surface area (Å²) in [5.41, 5.74) is 11.8. The third-order valence-corrected chi connectivity index (χ3v) is 6.06. The first-order chi connectivity index (χ1) is 16.1. The lowest BCUT2D eigenvalue weighted by Crippen LogP contribution is -2.29. The average Bonchev–Trinajstić information content (AvgIpc) is 3.31. The molecule has 4 aromatic rings. The fourth-order valence-corrected chi connectivity index (χ4v) is 4.25. The van der Waals surface area contributed by atoms with Crippen molar-refractivity contribution in [2.45, 2.75) is 26.2 Å². The molecule has 3 heterocycles. The summed E-state index contributed by atoms with van der Waals surface area (Å²) in [7, 11) is 0. The molecule has 33 heavy (non-hydrogen) atoms. The van der Waals surface area contributed by atoms with Crippen molar-refractivity contribution in [1.29, 1.82) is 0 Å². The van der Waals surface area contributed by atoms with Gasteiger partial charge < -0.3 is 25.4 Å². The monoisotopic (exact) mass is 441 g/mol. The van der Waals surface area contributed by atoms with Crippen molar-refractivity contribution in [3.8, 4) is 22.5 Å². The van der Waals surface area contributed by atoms with Gasteiger partial charge in [0.25, 0.3) is 11.6 Å². The van der Waals surface area contributed by atoms with Gasteiger partial charge in [-0.1, -0.05) is 6.07 Å². The summed E-state index contributed by atoms with van der Waals surface area (Å²) in [5.74, 6) is 0.631. The number of benzene rings is 2. The second-order valence-electron chi connectivity index (χ2n) is 8.46. The van der Waals surface area contributed by atoms with Crippen LogP contribution < -0.4 is 21.5 Å². The standard InChI is InChI=1S/C26H27N5O2/c1-17-7-8-20(27)15-23(17)30-26-29-16-24(33-26)19-12-18(22-6-5-9-28-25(22)32)13-21(14-19)31-10-3-2-4-11-31/h5-9,12-16H,2-4,10-11,27H2,1H3,(H,28,32)(H,29,30). The van der Waals surface area contributed by atoms with Gasteiger partial charge in [-0.2, -0.15) is 0 Å². The number of pyridine rings is 1. The normalized spacial score (nSPS) is 13.8. The van der Waals surface area contributed by atoms with Gasteiger partial charge in [0.15, 0.2) is 5.76 Å². The van der Waals surface area contributed by atoms with Crippen molar-refractivity contribution >= 4 is 23.1 Å². The Kier molecular flexibility index (Phi) is 5.60. The number of piperidine rings is 1. The van der Waals surface area contributed by atoms with Gasteiger partial charge in [0, 0.05) is 47.5 Å². The molecule has 0 atom stereocenters. The van der Waals surface area contributed by atoms with E-state index in [0.717, 1.165) is 41.2 Å². The molecule has 168 valence electrons. The van der Waals surface area contributed by atoms with E-state index in [1.54, 1.807) is 12.4 Å². The third-order valence-electron chi connectivity index (χ3n) is 6.06. The van der Waals surface area contributed by atoms with E-state index in [1.165, 1.54) is 19.3 Å². The Labute approximate surface area is 192 Å². The molecule has 2 aromatic heterocycles. The van der Waals surface area contributed by atoms with E-state index in [2.05, 4.69) is 32.3 Å². The highest BCUT2D eigenvalue weighted by Crippen LogP contribution is 2.34. The van der Waals surface area contributed by atoms with Gasteiger partial charge in [-0.25, -0.2) is 4.98 Å². The smallest absolute Gasteiger partial charge is 0.299 e. The first-order valence-corrected chi connectivity index (χ1v) is 11.2. The van der Waals surface area contributed by atoms with Crippen LogP contribution in [0.4, 0.5) is 23.1 Å². The van der Waals surface area contributed by atoms with Crippen molar-refractivity contribution in [1.82, 2.24) is 9.97 Å². The zero-order chi connectivity index (χ0) is 22.8. The molecule has 7 heteroatoms. The van der Waals surface area contributed by atoms with Gasteiger partial charge in [0.2, 0.25) is 0 Å². The van der Waals surface area contributed by atoms with Crippen LogP contribution in [0.1, 0.15) is 24.8 Å². The molecule has 1 fully saturated rings. The SMILES string of the molecule is Cc1ccc(N)cc1Nc1ncc(-c2cc(-c3ccc[nH]c3=O)cc(N3CCCCC3)c2)o1. The number of hydrogen-bond acceptors (Lipinski definition) is 6. The van der Waals surface area contributed by atoms with Crippen LogP contribution in [0.15, 0.2) is 70.1 Å². The Morgan fingerprint density at radius 2 is 1.88 bits per heavy atom. The van der Waals surface area contributed by atoms with Crippen molar-refractivity contribution in [2.75, 3.05) is 29.0 Å². The van der Waals surface area contributed by atoms with Crippen molar-refractivity contribution in [2.24, 2.45) is 0 Å². The number of H-pyrrole nitrogens is 1. The number of hydrogen-bond donors (Lipinski definition) is 3. The Balaban J connectivity index is 1.53. The highest BCUT2D eigenvalue weighted by Gasteiger charge is 2.17.